The van der Waals surface area contributed by atoms with E-state index in [9.17, 15) is 0 Å². The van der Waals surface area contributed by atoms with E-state index >= 15 is 0 Å². The fourth-order valence-electron chi connectivity index (χ4n) is 1.36. The first-order valence-corrected chi connectivity index (χ1v) is 8.69. The molecule has 0 saturated carbocycles. The molecule has 86 valence electrons. The van der Waals surface area contributed by atoms with Crippen molar-refractivity contribution in [3.05, 3.63) is 24.0 Å². The molecule has 1 atom stereocenters. The van der Waals surface area contributed by atoms with E-state index in [1.807, 2.05) is 0 Å². The van der Waals surface area contributed by atoms with Gasteiger partial charge in [0.2, 0.25) is 8.32 Å². The number of allylic oxidation sites excluding steroid dienone is 4. The maximum Gasteiger partial charge on any atom is 0.250 e. The van der Waals surface area contributed by atoms with Crippen LogP contribution in [0.25, 0.3) is 0 Å². The van der Waals surface area contributed by atoms with Crippen LogP contribution in [0, 0.1) is 5.92 Å². The normalized spacial score (nSPS) is 22.5. The van der Waals surface area contributed by atoms with Crippen LogP contribution in [-0.4, -0.2) is 8.32 Å². The van der Waals surface area contributed by atoms with E-state index in [1.165, 1.54) is 5.76 Å². The molecule has 0 fully saturated rings. The lowest BCUT2D eigenvalue weighted by molar-refractivity contribution is 0.352. The third kappa shape index (κ3) is 3.23. The summed E-state index contributed by atoms with van der Waals surface area (Å²) in [5.41, 5.74) is 0. The van der Waals surface area contributed by atoms with Crippen LogP contribution in [0.2, 0.25) is 18.1 Å². The second-order valence-corrected chi connectivity index (χ2v) is 10.8. The molecule has 2 heteroatoms. The molecule has 0 aliphatic heterocycles. The lowest BCUT2D eigenvalue weighted by Gasteiger charge is -2.38. The van der Waals surface area contributed by atoms with Crippen LogP contribution < -0.4 is 0 Å². The van der Waals surface area contributed by atoms with Crippen LogP contribution in [0.15, 0.2) is 24.0 Å². The van der Waals surface area contributed by atoms with Crippen molar-refractivity contribution in [2.75, 3.05) is 0 Å². The standard InChI is InChI=1S/C13H24OSi/c1-11-8-7-9-12(10-11)14-15(5,6)13(2,3)4/h7-9,11H,10H2,1-6H3/t11-/m0/s1. The van der Waals surface area contributed by atoms with E-state index in [-0.39, 0.29) is 5.04 Å². The van der Waals surface area contributed by atoms with Crippen LogP contribution in [-0.2, 0) is 4.43 Å². The summed E-state index contributed by atoms with van der Waals surface area (Å²) in [6.45, 7) is 13.7. The van der Waals surface area contributed by atoms with Gasteiger partial charge in [-0.3, -0.25) is 0 Å². The van der Waals surface area contributed by atoms with Crippen molar-refractivity contribution in [2.24, 2.45) is 5.92 Å². The third-order valence-electron chi connectivity index (χ3n) is 3.44. The van der Waals surface area contributed by atoms with E-state index in [0.29, 0.717) is 5.92 Å². The fraction of sp³-hybridized carbons (Fsp3) is 0.692. The smallest absolute Gasteiger partial charge is 0.250 e. The quantitative estimate of drug-likeness (QED) is 0.628. The van der Waals surface area contributed by atoms with Crippen LogP contribution in [0.4, 0.5) is 0 Å². The van der Waals surface area contributed by atoms with Crippen molar-refractivity contribution in [3.8, 4) is 0 Å². The highest BCUT2D eigenvalue weighted by atomic mass is 28.4. The van der Waals surface area contributed by atoms with E-state index in [0.717, 1.165) is 6.42 Å². The first-order valence-electron chi connectivity index (χ1n) is 5.79. The van der Waals surface area contributed by atoms with Gasteiger partial charge in [-0.05, 0) is 30.1 Å². The predicted molar refractivity (Wildman–Crippen MR) is 69.3 cm³/mol. The average molecular weight is 224 g/mol. The molecule has 1 aliphatic carbocycles. The molecule has 0 radical (unpaired) electrons. The monoisotopic (exact) mass is 224 g/mol. The van der Waals surface area contributed by atoms with Crippen molar-refractivity contribution in [3.63, 3.8) is 0 Å². The SMILES string of the molecule is C[C@H]1C=CC=C(O[Si](C)(C)C(C)(C)C)C1. The zero-order valence-electron chi connectivity index (χ0n) is 10.9. The van der Waals surface area contributed by atoms with Crippen LogP contribution in [0.3, 0.4) is 0 Å². The Morgan fingerprint density at radius 2 is 1.93 bits per heavy atom. The minimum Gasteiger partial charge on any atom is -0.546 e. The van der Waals surface area contributed by atoms with Gasteiger partial charge in [0.1, 0.15) is 0 Å². The first-order chi connectivity index (χ1) is 6.72. The molecule has 0 bridgehead atoms. The van der Waals surface area contributed by atoms with Gasteiger partial charge >= 0.3 is 0 Å². The van der Waals surface area contributed by atoms with Gasteiger partial charge in [0.05, 0.1) is 5.76 Å². The lowest BCUT2D eigenvalue weighted by atomic mass is 10.0. The molecule has 0 aromatic heterocycles. The van der Waals surface area contributed by atoms with Crippen molar-refractivity contribution < 1.29 is 4.43 Å². The Bertz CT molecular complexity index is 281. The second-order valence-electron chi connectivity index (χ2n) is 6.06. The van der Waals surface area contributed by atoms with Gasteiger partial charge < -0.3 is 4.43 Å². The zero-order chi connectivity index (χ0) is 11.7. The van der Waals surface area contributed by atoms with Crippen molar-refractivity contribution in [2.45, 2.75) is 52.2 Å². The molecule has 0 heterocycles. The highest BCUT2D eigenvalue weighted by Gasteiger charge is 2.39. The summed E-state index contributed by atoms with van der Waals surface area (Å²) in [7, 11) is -1.62. The second kappa shape index (κ2) is 4.16. The summed E-state index contributed by atoms with van der Waals surface area (Å²) in [6.07, 6.45) is 7.54. The fourth-order valence-corrected chi connectivity index (χ4v) is 2.48. The molecule has 0 aromatic carbocycles. The van der Waals surface area contributed by atoms with Gasteiger partial charge in [0.25, 0.3) is 0 Å². The molecule has 0 N–H and O–H groups in total. The van der Waals surface area contributed by atoms with Crippen molar-refractivity contribution in [1.82, 2.24) is 0 Å². The van der Waals surface area contributed by atoms with Gasteiger partial charge in [-0.1, -0.05) is 39.8 Å². The summed E-state index contributed by atoms with van der Waals surface area (Å²) in [5.74, 6) is 1.80. The number of hydrogen-bond acceptors (Lipinski definition) is 1. The molecular formula is C13H24OSi. The minimum absolute atomic E-state index is 0.290. The molecule has 0 saturated heterocycles. The number of rotatable bonds is 2. The number of hydrogen-bond donors (Lipinski definition) is 0. The molecule has 1 rings (SSSR count). The molecule has 0 spiro atoms. The Morgan fingerprint density at radius 3 is 2.40 bits per heavy atom. The van der Waals surface area contributed by atoms with E-state index < -0.39 is 8.32 Å². The Labute approximate surface area is 95.4 Å². The van der Waals surface area contributed by atoms with Gasteiger partial charge in [-0.15, -0.1) is 0 Å². The highest BCUT2D eigenvalue weighted by molar-refractivity contribution is 6.74. The Kier molecular flexibility index (Phi) is 3.49. The van der Waals surface area contributed by atoms with Gasteiger partial charge in [0, 0.05) is 6.42 Å². The maximum atomic E-state index is 6.26. The molecule has 0 unspecified atom stereocenters. The molecule has 15 heavy (non-hydrogen) atoms. The van der Waals surface area contributed by atoms with Gasteiger partial charge in [-0.2, -0.15) is 0 Å². The maximum absolute atomic E-state index is 6.26. The summed E-state index contributed by atoms with van der Waals surface area (Å²) in [6, 6.07) is 0. The largest absolute Gasteiger partial charge is 0.546 e. The molecule has 0 aromatic rings. The Morgan fingerprint density at radius 1 is 1.33 bits per heavy atom. The third-order valence-corrected chi connectivity index (χ3v) is 7.82. The van der Waals surface area contributed by atoms with Crippen molar-refractivity contribution >= 4 is 8.32 Å². The minimum atomic E-state index is -1.62. The van der Waals surface area contributed by atoms with Crippen LogP contribution in [0.1, 0.15) is 34.1 Å². The van der Waals surface area contributed by atoms with Gasteiger partial charge in [-0.25, -0.2) is 0 Å². The van der Waals surface area contributed by atoms with E-state index in [1.54, 1.807) is 0 Å². The summed E-state index contributed by atoms with van der Waals surface area (Å²) in [5, 5.41) is 0.290. The predicted octanol–water partition coefficient (Wildman–Crippen LogP) is 4.49. The highest BCUT2D eigenvalue weighted by Crippen LogP contribution is 2.39. The Hall–Kier alpha value is -0.503. The molecule has 1 nitrogen and oxygen atoms in total. The average Bonchev–Trinajstić information content (AvgIpc) is 2.00. The van der Waals surface area contributed by atoms with Crippen LogP contribution >= 0.6 is 0 Å². The molecule has 1 aliphatic rings. The molecular weight excluding hydrogens is 200 g/mol. The first kappa shape index (κ1) is 12.6. The summed E-state index contributed by atoms with van der Waals surface area (Å²) >= 11 is 0. The topological polar surface area (TPSA) is 9.23 Å². The summed E-state index contributed by atoms with van der Waals surface area (Å²) < 4.78 is 6.26. The van der Waals surface area contributed by atoms with Gasteiger partial charge in [0.15, 0.2) is 0 Å². The lowest BCUT2D eigenvalue weighted by Crippen LogP contribution is -2.40. The van der Waals surface area contributed by atoms with Crippen molar-refractivity contribution in [1.29, 1.82) is 0 Å². The Balaban J connectivity index is 2.70. The van der Waals surface area contributed by atoms with E-state index in [2.05, 4.69) is 59.0 Å². The zero-order valence-corrected chi connectivity index (χ0v) is 11.9. The molecule has 0 amide bonds. The summed E-state index contributed by atoms with van der Waals surface area (Å²) in [4.78, 5) is 0. The van der Waals surface area contributed by atoms with Crippen LogP contribution in [0.5, 0.6) is 0 Å². The van der Waals surface area contributed by atoms with E-state index in [4.69, 9.17) is 4.43 Å².